The van der Waals surface area contributed by atoms with Crippen molar-refractivity contribution in [2.24, 2.45) is 0 Å². The minimum atomic E-state index is -6.00. The lowest BCUT2D eigenvalue weighted by Gasteiger charge is -2.09. The molecule has 0 fully saturated rings. The van der Waals surface area contributed by atoms with Gasteiger partial charge in [-0.05, 0) is 27.8 Å². The molecule has 0 radical (unpaired) electrons. The van der Waals surface area contributed by atoms with Crippen molar-refractivity contribution in [2.45, 2.75) is 0 Å². The maximum absolute atomic E-state index is 9.75. The van der Waals surface area contributed by atoms with E-state index in [2.05, 4.69) is 102 Å². The fourth-order valence-corrected chi connectivity index (χ4v) is 4.23. The molecule has 4 aromatic carbocycles. The lowest BCUT2D eigenvalue weighted by molar-refractivity contribution is -0.548. The van der Waals surface area contributed by atoms with E-state index < -0.39 is 7.25 Å². The average molecular weight is 444 g/mol. The standard InChI is InChI=1S/C26H17N2.BF4/c1-2-9-18(10-3-1)20-13-8-14-22-21-12-5-7-16-24(21)28-25(26(20)22)17-19-11-4-6-15-23(19)27-28;2-1(3,4)5/h1-17H;/q+1;-1. The molecule has 162 valence electrons. The molecular formula is C26H17BF4N2. The number of fused-ring (bicyclic) bond motifs is 7. The number of para-hydroxylation sites is 1. The molecule has 2 nitrogen and oxygen atoms in total. The van der Waals surface area contributed by atoms with E-state index in [0.717, 1.165) is 21.9 Å². The van der Waals surface area contributed by atoms with E-state index in [9.17, 15) is 17.3 Å². The average Bonchev–Trinajstić information content (AvgIpc) is 2.82. The second-order valence-corrected chi connectivity index (χ2v) is 7.61. The van der Waals surface area contributed by atoms with Gasteiger partial charge in [-0.3, -0.25) is 0 Å². The van der Waals surface area contributed by atoms with Gasteiger partial charge in [0, 0.05) is 28.0 Å². The van der Waals surface area contributed by atoms with E-state index in [1.165, 1.54) is 27.3 Å². The Morgan fingerprint density at radius 3 is 2.03 bits per heavy atom. The van der Waals surface area contributed by atoms with Crippen LogP contribution in [0.15, 0.2) is 103 Å². The Morgan fingerprint density at radius 1 is 0.606 bits per heavy atom. The first-order valence-electron chi connectivity index (χ1n) is 10.4. The van der Waals surface area contributed by atoms with Crippen LogP contribution in [0.5, 0.6) is 0 Å². The highest BCUT2D eigenvalue weighted by Crippen LogP contribution is 2.34. The van der Waals surface area contributed by atoms with Gasteiger partial charge in [-0.2, -0.15) is 0 Å². The topological polar surface area (TPSA) is 17.0 Å². The van der Waals surface area contributed by atoms with Crippen molar-refractivity contribution in [2.75, 3.05) is 0 Å². The zero-order chi connectivity index (χ0) is 23.0. The lowest BCUT2D eigenvalue weighted by Crippen LogP contribution is -2.28. The van der Waals surface area contributed by atoms with Gasteiger partial charge in [0.15, 0.2) is 0 Å². The summed E-state index contributed by atoms with van der Waals surface area (Å²) in [4.78, 5) is 0. The van der Waals surface area contributed by atoms with Crippen molar-refractivity contribution in [1.29, 1.82) is 0 Å². The monoisotopic (exact) mass is 444 g/mol. The SMILES string of the molecule is F[B-](F)(F)F.c1ccc(-c2cccc3c4ccccc4[n+]4nc5ccccc5cc4c23)cc1. The van der Waals surface area contributed by atoms with Gasteiger partial charge in [-0.15, -0.1) is 0 Å². The fraction of sp³-hybridized carbons (Fsp3) is 0. The van der Waals surface area contributed by atoms with Crippen molar-refractivity contribution < 1.29 is 21.8 Å². The Morgan fingerprint density at radius 2 is 1.24 bits per heavy atom. The molecule has 0 N–H and O–H groups in total. The summed E-state index contributed by atoms with van der Waals surface area (Å²) in [5.74, 6) is 0. The first-order valence-corrected chi connectivity index (χ1v) is 10.4. The highest BCUT2D eigenvalue weighted by Gasteiger charge is 2.21. The summed E-state index contributed by atoms with van der Waals surface area (Å²) >= 11 is 0. The quantitative estimate of drug-likeness (QED) is 0.0859. The van der Waals surface area contributed by atoms with Crippen LogP contribution in [0.3, 0.4) is 0 Å². The number of hydrogen-bond acceptors (Lipinski definition) is 1. The molecule has 0 aliphatic heterocycles. The molecule has 0 aliphatic rings. The molecule has 0 amide bonds. The predicted octanol–water partition coefficient (Wildman–Crippen LogP) is 7.25. The summed E-state index contributed by atoms with van der Waals surface area (Å²) in [7, 11) is -6.00. The van der Waals surface area contributed by atoms with Gasteiger partial charge in [0.1, 0.15) is 5.52 Å². The first kappa shape index (κ1) is 20.9. The highest BCUT2D eigenvalue weighted by molar-refractivity contribution is 6.50. The van der Waals surface area contributed by atoms with Crippen molar-refractivity contribution in [3.05, 3.63) is 103 Å². The van der Waals surface area contributed by atoms with E-state index in [0.29, 0.717) is 0 Å². The van der Waals surface area contributed by atoms with E-state index in [1.807, 2.05) is 6.07 Å². The van der Waals surface area contributed by atoms with Crippen LogP contribution < -0.4 is 4.52 Å². The smallest absolute Gasteiger partial charge is 0.418 e. The number of halogens is 4. The van der Waals surface area contributed by atoms with Gasteiger partial charge < -0.3 is 17.3 Å². The van der Waals surface area contributed by atoms with Crippen molar-refractivity contribution in [1.82, 2.24) is 5.10 Å². The molecule has 0 aliphatic carbocycles. The Kier molecular flexibility index (Phi) is 5.17. The van der Waals surface area contributed by atoms with Gasteiger partial charge in [0.2, 0.25) is 11.0 Å². The maximum atomic E-state index is 9.75. The zero-order valence-electron chi connectivity index (χ0n) is 17.3. The molecule has 0 saturated heterocycles. The van der Waals surface area contributed by atoms with E-state index in [-0.39, 0.29) is 0 Å². The van der Waals surface area contributed by atoms with E-state index in [4.69, 9.17) is 5.10 Å². The molecule has 6 aromatic rings. The van der Waals surface area contributed by atoms with E-state index >= 15 is 0 Å². The molecule has 0 atom stereocenters. The van der Waals surface area contributed by atoms with Gasteiger partial charge in [0.05, 0.1) is 10.8 Å². The molecule has 2 aromatic heterocycles. The number of pyridine rings is 1. The minimum absolute atomic E-state index is 1.00. The Bertz CT molecular complexity index is 1610. The number of aromatic nitrogens is 2. The predicted molar refractivity (Wildman–Crippen MR) is 126 cm³/mol. The summed E-state index contributed by atoms with van der Waals surface area (Å²) < 4.78 is 41.1. The molecular weight excluding hydrogens is 427 g/mol. The summed E-state index contributed by atoms with van der Waals surface area (Å²) in [5.41, 5.74) is 5.71. The van der Waals surface area contributed by atoms with Crippen LogP contribution in [0.2, 0.25) is 0 Å². The third-order valence-corrected chi connectivity index (χ3v) is 5.49. The summed E-state index contributed by atoms with van der Waals surface area (Å²) in [5, 5.41) is 9.88. The summed E-state index contributed by atoms with van der Waals surface area (Å²) in [6, 6.07) is 36.3. The zero-order valence-corrected chi connectivity index (χ0v) is 17.3. The van der Waals surface area contributed by atoms with Crippen LogP contribution in [0.25, 0.3) is 49.2 Å². The lowest BCUT2D eigenvalue weighted by atomic mass is 9.95. The molecule has 33 heavy (non-hydrogen) atoms. The summed E-state index contributed by atoms with van der Waals surface area (Å²) in [6.45, 7) is 0. The molecule has 0 spiro atoms. The van der Waals surface area contributed by atoms with E-state index in [1.54, 1.807) is 0 Å². The first-order chi connectivity index (χ1) is 15.9. The van der Waals surface area contributed by atoms with Gasteiger partial charge >= 0.3 is 7.25 Å². The van der Waals surface area contributed by atoms with Gasteiger partial charge in [0.25, 0.3) is 0 Å². The molecule has 7 heteroatoms. The van der Waals surface area contributed by atoms with Crippen molar-refractivity contribution in [3.63, 3.8) is 0 Å². The molecule has 2 heterocycles. The second kappa shape index (κ2) is 8.17. The molecule has 0 unspecified atom stereocenters. The van der Waals surface area contributed by atoms with Gasteiger partial charge in [-0.25, -0.2) is 0 Å². The Labute approximate surface area is 186 Å². The Balaban J connectivity index is 0.000000416. The van der Waals surface area contributed by atoms with Crippen molar-refractivity contribution in [3.8, 4) is 11.1 Å². The molecule has 0 bridgehead atoms. The largest absolute Gasteiger partial charge is 0.673 e. The van der Waals surface area contributed by atoms with Crippen LogP contribution >= 0.6 is 0 Å². The fourth-order valence-electron chi connectivity index (χ4n) is 4.23. The highest BCUT2D eigenvalue weighted by atomic mass is 19.5. The van der Waals surface area contributed by atoms with Crippen LogP contribution in [0, 0.1) is 0 Å². The third kappa shape index (κ3) is 4.10. The minimum Gasteiger partial charge on any atom is -0.418 e. The van der Waals surface area contributed by atoms with Crippen LogP contribution in [0.4, 0.5) is 17.3 Å². The van der Waals surface area contributed by atoms with Crippen molar-refractivity contribution >= 4 is 45.3 Å². The normalized spacial score (nSPS) is 11.6. The number of benzene rings is 4. The number of nitrogens with zero attached hydrogens (tertiary/aromatic N) is 2. The molecule has 6 rings (SSSR count). The Hall–Kier alpha value is -4.00. The maximum Gasteiger partial charge on any atom is 0.673 e. The third-order valence-electron chi connectivity index (χ3n) is 5.49. The number of rotatable bonds is 1. The second-order valence-electron chi connectivity index (χ2n) is 7.61. The van der Waals surface area contributed by atoms with Crippen LogP contribution in [-0.4, -0.2) is 12.4 Å². The molecule has 0 saturated carbocycles. The summed E-state index contributed by atoms with van der Waals surface area (Å²) in [6.07, 6.45) is 0. The van der Waals surface area contributed by atoms with Crippen LogP contribution in [0.1, 0.15) is 0 Å². The number of hydrogen-bond donors (Lipinski definition) is 0. The van der Waals surface area contributed by atoms with Gasteiger partial charge in [-0.1, -0.05) is 78.9 Å². The van der Waals surface area contributed by atoms with Crippen LogP contribution in [-0.2, 0) is 0 Å².